The SMILES string of the molecule is O=C(Nc1ccccc1)Nc1ccc(NC(=O)c2cccc3ncccc23)cc1. The molecular weight excluding hydrogens is 364 g/mol. The number of amides is 3. The highest BCUT2D eigenvalue weighted by atomic mass is 16.2. The topological polar surface area (TPSA) is 83.1 Å². The van der Waals surface area contributed by atoms with Crippen LogP contribution in [0.3, 0.4) is 0 Å². The molecular formula is C23H18N4O2. The van der Waals surface area contributed by atoms with Gasteiger partial charge in [-0.2, -0.15) is 0 Å². The molecule has 3 amide bonds. The van der Waals surface area contributed by atoms with Crippen molar-refractivity contribution in [3.63, 3.8) is 0 Å². The molecule has 1 aromatic heterocycles. The van der Waals surface area contributed by atoms with Gasteiger partial charge >= 0.3 is 6.03 Å². The summed E-state index contributed by atoms with van der Waals surface area (Å²) in [5, 5.41) is 9.18. The van der Waals surface area contributed by atoms with Gasteiger partial charge in [0.1, 0.15) is 0 Å². The van der Waals surface area contributed by atoms with Gasteiger partial charge in [-0.05, 0) is 54.6 Å². The van der Waals surface area contributed by atoms with Gasteiger partial charge in [0.05, 0.1) is 5.52 Å². The highest BCUT2D eigenvalue weighted by Gasteiger charge is 2.10. The van der Waals surface area contributed by atoms with Crippen molar-refractivity contribution in [3.05, 3.63) is 96.7 Å². The number of fused-ring (bicyclic) bond motifs is 1. The second-order valence-corrected chi connectivity index (χ2v) is 6.35. The van der Waals surface area contributed by atoms with Crippen molar-refractivity contribution in [2.75, 3.05) is 16.0 Å². The Balaban J connectivity index is 1.41. The zero-order valence-electron chi connectivity index (χ0n) is 15.4. The first-order chi connectivity index (χ1) is 14.2. The lowest BCUT2D eigenvalue weighted by atomic mass is 10.1. The normalized spacial score (nSPS) is 10.3. The molecule has 0 atom stereocenters. The number of carbonyl (C=O) groups is 2. The molecule has 29 heavy (non-hydrogen) atoms. The average Bonchev–Trinajstić information content (AvgIpc) is 2.75. The van der Waals surface area contributed by atoms with E-state index in [9.17, 15) is 9.59 Å². The Labute approximate surface area is 167 Å². The van der Waals surface area contributed by atoms with Crippen LogP contribution in [0.4, 0.5) is 21.9 Å². The van der Waals surface area contributed by atoms with Crippen LogP contribution in [0, 0.1) is 0 Å². The van der Waals surface area contributed by atoms with E-state index >= 15 is 0 Å². The number of nitrogens with zero attached hydrogens (tertiary/aromatic N) is 1. The molecule has 0 saturated heterocycles. The number of aromatic nitrogens is 1. The number of benzene rings is 3. The molecule has 0 aliphatic heterocycles. The Kier molecular flexibility index (Phi) is 5.16. The van der Waals surface area contributed by atoms with Crippen LogP contribution in [0.5, 0.6) is 0 Å². The molecule has 0 bridgehead atoms. The molecule has 0 fully saturated rings. The Morgan fingerprint density at radius 1 is 0.621 bits per heavy atom. The molecule has 6 heteroatoms. The standard InChI is InChI=1S/C23H18N4O2/c28-22(20-8-4-10-21-19(20)9-5-15-24-21)25-17-11-13-18(14-12-17)27-23(29)26-16-6-2-1-3-7-16/h1-15H,(H,25,28)(H2,26,27,29). The third kappa shape index (κ3) is 4.39. The number of urea groups is 1. The summed E-state index contributed by atoms with van der Waals surface area (Å²) in [7, 11) is 0. The molecule has 0 spiro atoms. The number of rotatable bonds is 4. The second kappa shape index (κ2) is 8.22. The highest BCUT2D eigenvalue weighted by Crippen LogP contribution is 2.19. The van der Waals surface area contributed by atoms with Gasteiger partial charge in [0.15, 0.2) is 0 Å². The Morgan fingerprint density at radius 2 is 1.28 bits per heavy atom. The Morgan fingerprint density at radius 3 is 2.00 bits per heavy atom. The zero-order chi connectivity index (χ0) is 20.1. The van der Waals surface area contributed by atoms with Crippen molar-refractivity contribution in [3.8, 4) is 0 Å². The smallest absolute Gasteiger partial charge is 0.322 e. The van der Waals surface area contributed by atoms with Crippen molar-refractivity contribution < 1.29 is 9.59 Å². The summed E-state index contributed by atoms with van der Waals surface area (Å²) in [4.78, 5) is 29.0. The fourth-order valence-electron chi connectivity index (χ4n) is 2.95. The summed E-state index contributed by atoms with van der Waals surface area (Å²) in [6, 6.07) is 24.9. The molecule has 3 N–H and O–H groups in total. The maximum absolute atomic E-state index is 12.7. The van der Waals surface area contributed by atoms with E-state index in [1.807, 2.05) is 36.4 Å². The average molecular weight is 382 g/mol. The molecule has 0 unspecified atom stereocenters. The fourth-order valence-corrected chi connectivity index (χ4v) is 2.95. The first-order valence-corrected chi connectivity index (χ1v) is 9.07. The maximum Gasteiger partial charge on any atom is 0.323 e. The first-order valence-electron chi connectivity index (χ1n) is 9.07. The molecule has 4 aromatic rings. The molecule has 4 rings (SSSR count). The molecule has 0 aliphatic carbocycles. The molecule has 0 saturated carbocycles. The van der Waals surface area contributed by atoms with Crippen LogP contribution in [-0.2, 0) is 0 Å². The number of para-hydroxylation sites is 1. The summed E-state index contributed by atoms with van der Waals surface area (Å²) in [5.74, 6) is -0.217. The summed E-state index contributed by atoms with van der Waals surface area (Å²) in [5.41, 5.74) is 3.28. The van der Waals surface area contributed by atoms with E-state index in [1.54, 1.807) is 54.7 Å². The van der Waals surface area contributed by atoms with E-state index in [2.05, 4.69) is 20.9 Å². The molecule has 0 aliphatic rings. The predicted octanol–water partition coefficient (Wildman–Crippen LogP) is 5.13. The lowest BCUT2D eigenvalue weighted by molar-refractivity contribution is 0.102. The lowest BCUT2D eigenvalue weighted by Crippen LogP contribution is -2.19. The van der Waals surface area contributed by atoms with Gasteiger partial charge in [-0.3, -0.25) is 9.78 Å². The molecule has 0 radical (unpaired) electrons. The summed E-state index contributed by atoms with van der Waals surface area (Å²) >= 11 is 0. The van der Waals surface area contributed by atoms with E-state index in [0.29, 0.717) is 22.6 Å². The van der Waals surface area contributed by atoms with Crippen LogP contribution in [0.1, 0.15) is 10.4 Å². The number of pyridine rings is 1. The lowest BCUT2D eigenvalue weighted by Gasteiger charge is -2.10. The van der Waals surface area contributed by atoms with E-state index in [-0.39, 0.29) is 11.9 Å². The Bertz CT molecular complexity index is 1150. The zero-order valence-corrected chi connectivity index (χ0v) is 15.4. The van der Waals surface area contributed by atoms with Crippen molar-refractivity contribution in [1.82, 2.24) is 4.98 Å². The van der Waals surface area contributed by atoms with Crippen molar-refractivity contribution >= 4 is 39.9 Å². The van der Waals surface area contributed by atoms with Crippen LogP contribution in [0.15, 0.2) is 91.1 Å². The van der Waals surface area contributed by atoms with Crippen molar-refractivity contribution in [1.29, 1.82) is 0 Å². The van der Waals surface area contributed by atoms with E-state index in [1.165, 1.54) is 0 Å². The van der Waals surface area contributed by atoms with Gasteiger partial charge in [0.2, 0.25) is 0 Å². The predicted molar refractivity (Wildman–Crippen MR) is 115 cm³/mol. The minimum atomic E-state index is -0.337. The third-order valence-electron chi connectivity index (χ3n) is 4.32. The molecule has 6 nitrogen and oxygen atoms in total. The number of hydrogen-bond acceptors (Lipinski definition) is 3. The monoisotopic (exact) mass is 382 g/mol. The van der Waals surface area contributed by atoms with Crippen LogP contribution in [0.2, 0.25) is 0 Å². The minimum absolute atomic E-state index is 0.217. The fraction of sp³-hybridized carbons (Fsp3) is 0. The quantitative estimate of drug-likeness (QED) is 0.457. The third-order valence-corrected chi connectivity index (χ3v) is 4.32. The van der Waals surface area contributed by atoms with E-state index in [0.717, 1.165) is 10.9 Å². The van der Waals surface area contributed by atoms with Gasteiger partial charge in [0.25, 0.3) is 5.91 Å². The van der Waals surface area contributed by atoms with Gasteiger partial charge in [0, 0.05) is 34.2 Å². The van der Waals surface area contributed by atoms with Crippen LogP contribution in [-0.4, -0.2) is 16.9 Å². The summed E-state index contributed by atoms with van der Waals surface area (Å²) < 4.78 is 0. The number of carbonyl (C=O) groups excluding carboxylic acids is 2. The summed E-state index contributed by atoms with van der Waals surface area (Å²) in [6.07, 6.45) is 1.70. The van der Waals surface area contributed by atoms with Gasteiger partial charge in [-0.25, -0.2) is 4.79 Å². The van der Waals surface area contributed by atoms with Gasteiger partial charge in [-0.1, -0.05) is 30.3 Å². The second-order valence-electron chi connectivity index (χ2n) is 6.35. The minimum Gasteiger partial charge on any atom is -0.322 e. The van der Waals surface area contributed by atoms with Crippen LogP contribution < -0.4 is 16.0 Å². The maximum atomic E-state index is 12.7. The molecule has 142 valence electrons. The van der Waals surface area contributed by atoms with E-state index < -0.39 is 0 Å². The van der Waals surface area contributed by atoms with Crippen LogP contribution in [0.25, 0.3) is 10.9 Å². The van der Waals surface area contributed by atoms with Gasteiger partial charge < -0.3 is 16.0 Å². The van der Waals surface area contributed by atoms with Crippen molar-refractivity contribution in [2.24, 2.45) is 0 Å². The number of hydrogen-bond donors (Lipinski definition) is 3. The molecule has 1 heterocycles. The highest BCUT2D eigenvalue weighted by molar-refractivity contribution is 6.12. The largest absolute Gasteiger partial charge is 0.323 e. The Hall–Kier alpha value is -4.19. The number of nitrogens with one attached hydrogen (secondary N) is 3. The van der Waals surface area contributed by atoms with Crippen LogP contribution >= 0.6 is 0 Å². The van der Waals surface area contributed by atoms with Crippen molar-refractivity contribution in [2.45, 2.75) is 0 Å². The summed E-state index contributed by atoms with van der Waals surface area (Å²) in [6.45, 7) is 0. The first kappa shape index (κ1) is 18.2. The van der Waals surface area contributed by atoms with E-state index in [4.69, 9.17) is 0 Å². The van der Waals surface area contributed by atoms with Gasteiger partial charge in [-0.15, -0.1) is 0 Å². The molecule has 3 aromatic carbocycles. The number of anilines is 3.